The van der Waals surface area contributed by atoms with Crippen LogP contribution in [0, 0.1) is 6.92 Å². The van der Waals surface area contributed by atoms with Crippen molar-refractivity contribution in [1.29, 1.82) is 0 Å². The number of anilines is 1. The maximum atomic E-state index is 12.4. The molecule has 0 saturated heterocycles. The van der Waals surface area contributed by atoms with Crippen molar-refractivity contribution < 1.29 is 27.5 Å². The van der Waals surface area contributed by atoms with Crippen LogP contribution in [0.15, 0.2) is 53.4 Å². The molecule has 2 aromatic carbocycles. The molecule has 1 amide bonds. The van der Waals surface area contributed by atoms with Gasteiger partial charge in [0.2, 0.25) is 10.0 Å². The number of esters is 1. The molecule has 0 spiro atoms. The highest BCUT2D eigenvalue weighted by molar-refractivity contribution is 7.89. The van der Waals surface area contributed by atoms with Gasteiger partial charge in [-0.3, -0.25) is 14.4 Å². The first-order chi connectivity index (χ1) is 14.0. The molecule has 0 aromatic heterocycles. The number of Topliss-reactive ketones (excluding diaryl/α,β-unsaturated/α-hetero) is 1. The number of sulfonamides is 1. The number of ketones is 1. The Balaban J connectivity index is 1.97. The van der Waals surface area contributed by atoms with Crippen LogP contribution in [-0.4, -0.2) is 38.2 Å². The van der Waals surface area contributed by atoms with Gasteiger partial charge in [-0.15, -0.1) is 0 Å². The Morgan fingerprint density at radius 2 is 1.63 bits per heavy atom. The Labute approximate surface area is 175 Å². The van der Waals surface area contributed by atoms with Crippen LogP contribution in [0.3, 0.4) is 0 Å². The van der Waals surface area contributed by atoms with Crippen LogP contribution in [0.1, 0.15) is 36.7 Å². The predicted molar refractivity (Wildman–Crippen MR) is 112 cm³/mol. The van der Waals surface area contributed by atoms with Gasteiger partial charge in [-0.1, -0.05) is 24.3 Å². The minimum absolute atomic E-state index is 0.0996. The van der Waals surface area contributed by atoms with E-state index in [4.69, 9.17) is 4.74 Å². The zero-order valence-corrected chi connectivity index (χ0v) is 17.9. The molecule has 2 N–H and O–H groups in total. The van der Waals surface area contributed by atoms with E-state index >= 15 is 0 Å². The molecule has 0 heterocycles. The molecule has 2 atom stereocenters. The van der Waals surface area contributed by atoms with Gasteiger partial charge in [-0.25, -0.2) is 8.42 Å². The normalized spacial score (nSPS) is 13.2. The van der Waals surface area contributed by atoms with E-state index in [0.29, 0.717) is 11.3 Å². The minimum Gasteiger partial charge on any atom is -0.451 e. The maximum absolute atomic E-state index is 12.4. The molecular weight excluding hydrogens is 408 g/mol. The minimum atomic E-state index is -4.02. The van der Waals surface area contributed by atoms with Crippen molar-refractivity contribution in [3.63, 3.8) is 0 Å². The molecule has 0 aliphatic heterocycles. The van der Waals surface area contributed by atoms with E-state index in [2.05, 4.69) is 10.0 Å². The molecule has 0 unspecified atom stereocenters. The van der Waals surface area contributed by atoms with E-state index in [-0.39, 0.29) is 10.7 Å². The molecule has 0 bridgehead atoms. The van der Waals surface area contributed by atoms with E-state index in [1.54, 1.807) is 18.2 Å². The van der Waals surface area contributed by atoms with Gasteiger partial charge in [0.15, 0.2) is 11.9 Å². The maximum Gasteiger partial charge on any atom is 0.324 e. The van der Waals surface area contributed by atoms with Crippen molar-refractivity contribution in [3.05, 3.63) is 59.7 Å². The fourth-order valence-corrected chi connectivity index (χ4v) is 3.71. The van der Waals surface area contributed by atoms with Crippen LogP contribution in [-0.2, 0) is 24.3 Å². The molecule has 0 saturated carbocycles. The van der Waals surface area contributed by atoms with E-state index in [0.717, 1.165) is 5.56 Å². The van der Waals surface area contributed by atoms with E-state index in [1.807, 2.05) is 13.0 Å². The predicted octanol–water partition coefficient (Wildman–Crippen LogP) is 2.43. The zero-order chi connectivity index (χ0) is 22.5. The second kappa shape index (κ2) is 9.64. The monoisotopic (exact) mass is 432 g/mol. The Morgan fingerprint density at radius 1 is 1.00 bits per heavy atom. The Bertz CT molecular complexity index is 1050. The van der Waals surface area contributed by atoms with Crippen LogP contribution in [0.5, 0.6) is 0 Å². The van der Waals surface area contributed by atoms with Gasteiger partial charge >= 0.3 is 5.97 Å². The smallest absolute Gasteiger partial charge is 0.324 e. The number of benzene rings is 2. The lowest BCUT2D eigenvalue weighted by molar-refractivity contribution is -0.154. The summed E-state index contributed by atoms with van der Waals surface area (Å²) in [6.45, 7) is 5.95. The fourth-order valence-electron chi connectivity index (χ4n) is 2.51. The quantitative estimate of drug-likeness (QED) is 0.489. The molecular formula is C21H24N2O6S. The highest BCUT2D eigenvalue weighted by Gasteiger charge is 2.26. The Kier molecular flexibility index (Phi) is 7.47. The molecule has 0 fully saturated rings. The molecule has 30 heavy (non-hydrogen) atoms. The van der Waals surface area contributed by atoms with Crippen molar-refractivity contribution in [2.45, 2.75) is 44.7 Å². The zero-order valence-electron chi connectivity index (χ0n) is 17.1. The van der Waals surface area contributed by atoms with Crippen molar-refractivity contribution >= 4 is 33.4 Å². The number of ether oxygens (including phenoxy) is 1. The molecule has 8 nitrogen and oxygen atoms in total. The lowest BCUT2D eigenvalue weighted by Gasteiger charge is -2.18. The van der Waals surface area contributed by atoms with E-state index in [9.17, 15) is 22.8 Å². The van der Waals surface area contributed by atoms with Crippen LogP contribution >= 0.6 is 0 Å². The Hall–Kier alpha value is -3.04. The molecule has 0 aliphatic carbocycles. The summed E-state index contributed by atoms with van der Waals surface area (Å²) in [6.07, 6.45) is -1.13. The van der Waals surface area contributed by atoms with Gasteiger partial charge in [-0.2, -0.15) is 4.72 Å². The van der Waals surface area contributed by atoms with Crippen molar-refractivity contribution in [3.8, 4) is 0 Å². The standard InChI is InChI=1S/C21H24N2O6S/c1-13-6-5-7-18(12-13)22-20(25)16(4)29-21(26)14(2)23-30(27,28)19-10-8-17(9-11-19)15(3)24/h5-12,14,16,23H,1-4H3,(H,22,25)/t14-,16-/m1/s1. The number of carbonyl (C=O) groups is 3. The first kappa shape index (κ1) is 23.2. The number of amides is 1. The van der Waals surface area contributed by atoms with Gasteiger partial charge in [-0.05, 0) is 57.5 Å². The number of hydrogen-bond donors (Lipinski definition) is 2. The van der Waals surface area contributed by atoms with Crippen LogP contribution < -0.4 is 10.0 Å². The summed E-state index contributed by atoms with van der Waals surface area (Å²) in [5.41, 5.74) is 1.89. The summed E-state index contributed by atoms with van der Waals surface area (Å²) in [7, 11) is -4.02. The van der Waals surface area contributed by atoms with Crippen molar-refractivity contribution in [1.82, 2.24) is 4.72 Å². The number of carbonyl (C=O) groups excluding carboxylic acids is 3. The largest absolute Gasteiger partial charge is 0.451 e. The van der Waals surface area contributed by atoms with Crippen LogP contribution in [0.25, 0.3) is 0 Å². The SMILES string of the molecule is CC(=O)c1ccc(S(=O)(=O)N[C@H](C)C(=O)O[C@H](C)C(=O)Nc2cccc(C)c2)cc1. The van der Waals surface area contributed by atoms with Crippen LogP contribution in [0.4, 0.5) is 5.69 Å². The average Bonchev–Trinajstić information content (AvgIpc) is 2.67. The van der Waals surface area contributed by atoms with Crippen molar-refractivity contribution in [2.24, 2.45) is 0 Å². The third kappa shape index (κ3) is 6.23. The first-order valence-electron chi connectivity index (χ1n) is 9.21. The van der Waals surface area contributed by atoms with Gasteiger partial charge < -0.3 is 10.1 Å². The summed E-state index contributed by atoms with van der Waals surface area (Å²) < 4.78 is 32.2. The summed E-state index contributed by atoms with van der Waals surface area (Å²) in [6, 6.07) is 11.2. The number of aryl methyl sites for hydroxylation is 1. The first-order valence-corrected chi connectivity index (χ1v) is 10.7. The third-order valence-corrected chi connectivity index (χ3v) is 5.76. The summed E-state index contributed by atoms with van der Waals surface area (Å²) in [5, 5.41) is 2.63. The summed E-state index contributed by atoms with van der Waals surface area (Å²) >= 11 is 0. The van der Waals surface area contributed by atoms with E-state index < -0.39 is 34.0 Å². The number of rotatable bonds is 8. The summed E-state index contributed by atoms with van der Waals surface area (Å²) in [4.78, 5) is 35.7. The fraction of sp³-hybridized carbons (Fsp3) is 0.286. The molecule has 2 rings (SSSR count). The summed E-state index contributed by atoms with van der Waals surface area (Å²) in [5.74, 6) is -1.63. The number of nitrogens with one attached hydrogen (secondary N) is 2. The van der Waals surface area contributed by atoms with Crippen molar-refractivity contribution in [2.75, 3.05) is 5.32 Å². The van der Waals surface area contributed by atoms with E-state index in [1.165, 1.54) is 45.0 Å². The van der Waals surface area contributed by atoms with Gasteiger partial charge in [0.25, 0.3) is 5.91 Å². The highest BCUT2D eigenvalue weighted by Crippen LogP contribution is 2.13. The second-order valence-corrected chi connectivity index (χ2v) is 8.58. The second-order valence-electron chi connectivity index (χ2n) is 6.86. The highest BCUT2D eigenvalue weighted by atomic mass is 32.2. The topological polar surface area (TPSA) is 119 Å². The molecule has 9 heteroatoms. The van der Waals surface area contributed by atoms with Gasteiger partial charge in [0, 0.05) is 11.3 Å². The lowest BCUT2D eigenvalue weighted by atomic mass is 10.2. The Morgan fingerprint density at radius 3 is 2.20 bits per heavy atom. The number of hydrogen-bond acceptors (Lipinski definition) is 6. The average molecular weight is 432 g/mol. The molecule has 0 radical (unpaired) electrons. The van der Waals surface area contributed by atoms with Gasteiger partial charge in [0.05, 0.1) is 4.90 Å². The lowest BCUT2D eigenvalue weighted by Crippen LogP contribution is -2.42. The molecule has 0 aliphatic rings. The molecule has 160 valence electrons. The van der Waals surface area contributed by atoms with Gasteiger partial charge in [0.1, 0.15) is 6.04 Å². The molecule has 2 aromatic rings. The van der Waals surface area contributed by atoms with Crippen LogP contribution in [0.2, 0.25) is 0 Å². The third-order valence-electron chi connectivity index (χ3n) is 4.20.